The van der Waals surface area contributed by atoms with Crippen LogP contribution in [-0.2, 0) is 7.05 Å². The van der Waals surface area contributed by atoms with Gasteiger partial charge in [0.05, 0.1) is 28.1 Å². The first kappa shape index (κ1) is 15.2. The molecule has 3 nitrogen and oxygen atoms in total. The summed E-state index contributed by atoms with van der Waals surface area (Å²) in [4.78, 5) is 8.92. The van der Waals surface area contributed by atoms with E-state index in [4.69, 9.17) is 23.2 Å². The van der Waals surface area contributed by atoms with Crippen molar-refractivity contribution >= 4 is 34.2 Å². The average molecular weight is 354 g/mol. The van der Waals surface area contributed by atoms with Crippen LogP contribution < -0.4 is 0 Å². The quantitative estimate of drug-likeness (QED) is 0.468. The van der Waals surface area contributed by atoms with Crippen LogP contribution in [0.15, 0.2) is 61.1 Å². The van der Waals surface area contributed by atoms with Crippen molar-refractivity contribution in [3.8, 4) is 22.4 Å². The van der Waals surface area contributed by atoms with E-state index in [2.05, 4.69) is 16.0 Å². The Balaban J connectivity index is 1.95. The van der Waals surface area contributed by atoms with Gasteiger partial charge in [0, 0.05) is 29.4 Å². The van der Waals surface area contributed by atoms with Crippen LogP contribution in [0.2, 0.25) is 10.0 Å². The fraction of sp³-hybridized carbons (Fsp3) is 0.0526. The number of aryl methyl sites for hydroxylation is 1. The largest absolute Gasteiger partial charge is 0.334 e. The maximum atomic E-state index is 6.38. The molecule has 0 radical (unpaired) electrons. The van der Waals surface area contributed by atoms with Gasteiger partial charge in [0.15, 0.2) is 0 Å². The minimum absolute atomic E-state index is 0.626. The molecule has 2 aromatic carbocycles. The molecule has 0 aliphatic heterocycles. The van der Waals surface area contributed by atoms with Gasteiger partial charge >= 0.3 is 0 Å². The highest BCUT2D eigenvalue weighted by molar-refractivity contribution is 6.35. The summed E-state index contributed by atoms with van der Waals surface area (Å²) >= 11 is 12.5. The van der Waals surface area contributed by atoms with Crippen molar-refractivity contribution in [2.45, 2.75) is 0 Å². The molecule has 0 saturated carbocycles. The topological polar surface area (TPSA) is 30.7 Å². The van der Waals surface area contributed by atoms with Crippen LogP contribution in [0.3, 0.4) is 0 Å². The first-order valence-electron chi connectivity index (χ1n) is 7.45. The Morgan fingerprint density at radius 3 is 2.67 bits per heavy atom. The molecule has 118 valence electrons. The summed E-state index contributed by atoms with van der Waals surface area (Å²) in [6.45, 7) is 0. The van der Waals surface area contributed by atoms with Crippen LogP contribution in [0.4, 0.5) is 0 Å². The first-order valence-corrected chi connectivity index (χ1v) is 8.21. The van der Waals surface area contributed by atoms with E-state index >= 15 is 0 Å². The number of pyridine rings is 1. The van der Waals surface area contributed by atoms with Gasteiger partial charge in [-0.3, -0.25) is 4.98 Å². The standard InChI is InChI=1S/C19H13Cl2N3/c1-24-11-23-17-7-4-12(9-18(17)24)14-3-2-8-22-19(14)15-10-13(20)5-6-16(15)21/h2-11H,1H3. The molecule has 2 aromatic heterocycles. The van der Waals surface area contributed by atoms with Crippen LogP contribution in [-0.4, -0.2) is 14.5 Å². The van der Waals surface area contributed by atoms with Crippen molar-refractivity contribution in [3.05, 3.63) is 71.1 Å². The fourth-order valence-electron chi connectivity index (χ4n) is 2.83. The molecule has 0 atom stereocenters. The SMILES string of the molecule is Cn1cnc2ccc(-c3cccnc3-c3cc(Cl)ccc3Cl)cc21. The van der Waals surface area contributed by atoms with Gasteiger partial charge < -0.3 is 4.57 Å². The van der Waals surface area contributed by atoms with Gasteiger partial charge in [-0.2, -0.15) is 0 Å². The zero-order valence-electron chi connectivity index (χ0n) is 12.9. The van der Waals surface area contributed by atoms with Gasteiger partial charge in [0.2, 0.25) is 0 Å². The lowest BCUT2D eigenvalue weighted by Gasteiger charge is -2.11. The predicted molar refractivity (Wildman–Crippen MR) is 99.4 cm³/mol. The monoisotopic (exact) mass is 353 g/mol. The van der Waals surface area contributed by atoms with Gasteiger partial charge in [0.25, 0.3) is 0 Å². The number of imidazole rings is 1. The van der Waals surface area contributed by atoms with Gasteiger partial charge in [-0.15, -0.1) is 0 Å². The second-order valence-electron chi connectivity index (χ2n) is 5.58. The molecule has 0 unspecified atom stereocenters. The number of rotatable bonds is 2. The molecule has 4 rings (SSSR count). The highest BCUT2D eigenvalue weighted by Gasteiger charge is 2.13. The maximum absolute atomic E-state index is 6.38. The smallest absolute Gasteiger partial charge is 0.0955 e. The Labute approximate surface area is 149 Å². The Morgan fingerprint density at radius 2 is 1.79 bits per heavy atom. The molecule has 0 aliphatic rings. The van der Waals surface area contributed by atoms with Crippen molar-refractivity contribution < 1.29 is 0 Å². The minimum atomic E-state index is 0.626. The molecule has 0 N–H and O–H groups in total. The number of nitrogens with zero attached hydrogens (tertiary/aromatic N) is 3. The molecule has 0 fully saturated rings. The highest BCUT2D eigenvalue weighted by atomic mass is 35.5. The molecule has 0 saturated heterocycles. The Hall–Kier alpha value is -2.36. The van der Waals surface area contributed by atoms with E-state index in [-0.39, 0.29) is 0 Å². The zero-order chi connectivity index (χ0) is 16.7. The number of hydrogen-bond acceptors (Lipinski definition) is 2. The Bertz CT molecular complexity index is 1050. The van der Waals surface area contributed by atoms with Crippen molar-refractivity contribution in [1.82, 2.24) is 14.5 Å². The van der Waals surface area contributed by atoms with Gasteiger partial charge in [-0.05, 0) is 42.0 Å². The second kappa shape index (κ2) is 5.93. The number of aromatic nitrogens is 3. The van der Waals surface area contributed by atoms with E-state index in [0.717, 1.165) is 33.4 Å². The van der Waals surface area contributed by atoms with E-state index in [1.165, 1.54) is 0 Å². The molecular formula is C19H13Cl2N3. The van der Waals surface area contributed by atoms with Crippen LogP contribution in [0, 0.1) is 0 Å². The second-order valence-corrected chi connectivity index (χ2v) is 6.43. The summed E-state index contributed by atoms with van der Waals surface area (Å²) in [5, 5.41) is 1.26. The summed E-state index contributed by atoms with van der Waals surface area (Å²) < 4.78 is 2.00. The number of benzene rings is 2. The van der Waals surface area contributed by atoms with E-state index < -0.39 is 0 Å². The van der Waals surface area contributed by atoms with Crippen LogP contribution in [0.1, 0.15) is 0 Å². The third-order valence-corrected chi connectivity index (χ3v) is 4.59. The Kier molecular flexibility index (Phi) is 3.75. The van der Waals surface area contributed by atoms with Crippen molar-refractivity contribution in [1.29, 1.82) is 0 Å². The lowest BCUT2D eigenvalue weighted by Crippen LogP contribution is -1.91. The van der Waals surface area contributed by atoms with Crippen molar-refractivity contribution in [3.63, 3.8) is 0 Å². The Morgan fingerprint density at radius 1 is 0.917 bits per heavy atom. The molecule has 0 aliphatic carbocycles. The zero-order valence-corrected chi connectivity index (χ0v) is 14.4. The minimum Gasteiger partial charge on any atom is -0.334 e. The summed E-state index contributed by atoms with van der Waals surface area (Å²) in [5.74, 6) is 0. The number of fused-ring (bicyclic) bond motifs is 1. The summed E-state index contributed by atoms with van der Waals surface area (Å²) in [6.07, 6.45) is 3.57. The van der Waals surface area contributed by atoms with E-state index in [0.29, 0.717) is 10.0 Å². The first-order chi connectivity index (χ1) is 11.6. The number of halogens is 2. The number of hydrogen-bond donors (Lipinski definition) is 0. The lowest BCUT2D eigenvalue weighted by molar-refractivity contribution is 0.948. The third-order valence-electron chi connectivity index (χ3n) is 4.03. The lowest BCUT2D eigenvalue weighted by atomic mass is 9.99. The molecule has 0 bridgehead atoms. The van der Waals surface area contributed by atoms with Gasteiger partial charge in [0.1, 0.15) is 0 Å². The normalized spacial score (nSPS) is 11.1. The molecule has 0 spiro atoms. The molecule has 0 amide bonds. The van der Waals surface area contributed by atoms with Crippen LogP contribution in [0.25, 0.3) is 33.4 Å². The van der Waals surface area contributed by atoms with Crippen molar-refractivity contribution in [2.24, 2.45) is 7.05 Å². The van der Waals surface area contributed by atoms with Crippen LogP contribution in [0.5, 0.6) is 0 Å². The van der Waals surface area contributed by atoms with Gasteiger partial charge in [-0.25, -0.2) is 4.98 Å². The van der Waals surface area contributed by atoms with E-state index in [1.807, 2.05) is 48.3 Å². The predicted octanol–water partition coefficient (Wildman–Crippen LogP) is 5.61. The molecular weight excluding hydrogens is 341 g/mol. The maximum Gasteiger partial charge on any atom is 0.0955 e. The average Bonchev–Trinajstić information content (AvgIpc) is 2.98. The third kappa shape index (κ3) is 2.56. The van der Waals surface area contributed by atoms with Crippen molar-refractivity contribution in [2.75, 3.05) is 0 Å². The fourth-order valence-corrected chi connectivity index (χ4v) is 3.20. The summed E-state index contributed by atoms with van der Waals surface area (Å²) in [5.41, 5.74) is 5.73. The van der Waals surface area contributed by atoms with E-state index in [1.54, 1.807) is 18.3 Å². The molecule has 4 aromatic rings. The summed E-state index contributed by atoms with van der Waals surface area (Å²) in [7, 11) is 1.98. The van der Waals surface area contributed by atoms with Gasteiger partial charge in [-0.1, -0.05) is 35.3 Å². The molecule has 2 heterocycles. The summed E-state index contributed by atoms with van der Waals surface area (Å²) in [6, 6.07) is 15.6. The molecule has 5 heteroatoms. The van der Waals surface area contributed by atoms with E-state index in [9.17, 15) is 0 Å². The van der Waals surface area contributed by atoms with Crippen LogP contribution >= 0.6 is 23.2 Å². The highest BCUT2D eigenvalue weighted by Crippen LogP contribution is 2.36. The molecule has 24 heavy (non-hydrogen) atoms.